The zero-order chi connectivity index (χ0) is 16.4. The molecule has 0 spiro atoms. The Bertz CT molecular complexity index is 502. The number of carbonyl (C=O) groups is 1. The van der Waals surface area contributed by atoms with Gasteiger partial charge in [0.2, 0.25) is 0 Å². The monoisotopic (exact) mass is 318 g/mol. The first kappa shape index (κ1) is 16.1. The molecule has 3 N–H and O–H groups in total. The molecule has 4 saturated carbocycles. The Balaban J connectivity index is 1.61. The number of Topliss-reactive ketones (excluding diaryl/α,β-unsaturated/α-hetero) is 1. The van der Waals surface area contributed by atoms with Gasteiger partial charge >= 0.3 is 0 Å². The topological polar surface area (TPSA) is 44.7 Å². The van der Waals surface area contributed by atoms with Crippen LogP contribution in [0.25, 0.3) is 0 Å². The van der Waals surface area contributed by atoms with Crippen molar-refractivity contribution in [2.24, 2.45) is 40.4 Å². The molecule has 0 aliphatic heterocycles. The van der Waals surface area contributed by atoms with Crippen LogP contribution in [-0.2, 0) is 4.79 Å². The molecule has 130 valence electrons. The Labute approximate surface area is 142 Å². The van der Waals surface area contributed by atoms with Crippen LogP contribution in [0.4, 0.5) is 0 Å². The lowest BCUT2D eigenvalue weighted by Gasteiger charge is -2.60. The first-order valence-electron chi connectivity index (χ1n) is 10.2. The van der Waals surface area contributed by atoms with Gasteiger partial charge in [0.1, 0.15) is 5.78 Å². The van der Waals surface area contributed by atoms with Gasteiger partial charge in [-0.2, -0.15) is 0 Å². The highest BCUT2D eigenvalue weighted by atomic mass is 16.1. The summed E-state index contributed by atoms with van der Waals surface area (Å²) in [6, 6.07) is 0.701. The van der Waals surface area contributed by atoms with Crippen molar-refractivity contribution in [3.63, 3.8) is 0 Å². The van der Waals surface area contributed by atoms with Crippen LogP contribution in [0.2, 0.25) is 0 Å². The predicted octanol–water partition coefficient (Wildman–Crippen LogP) is 3.84. The summed E-state index contributed by atoms with van der Waals surface area (Å²) in [4.78, 5) is 12.2. The molecule has 0 heterocycles. The summed E-state index contributed by atoms with van der Waals surface area (Å²) in [6.07, 6.45) is 12.2. The van der Waals surface area contributed by atoms with Gasteiger partial charge in [0.05, 0.1) is 6.04 Å². The van der Waals surface area contributed by atoms with Crippen LogP contribution in [0.5, 0.6) is 0 Å². The van der Waals surface area contributed by atoms with Crippen molar-refractivity contribution in [2.45, 2.75) is 84.6 Å². The Kier molecular flexibility index (Phi) is 3.72. The quantitative estimate of drug-likeness (QED) is 0.784. The van der Waals surface area contributed by atoms with E-state index < -0.39 is 0 Å². The van der Waals surface area contributed by atoms with Crippen LogP contribution < -0.4 is 5.73 Å². The molecule has 4 rings (SSSR count). The summed E-state index contributed by atoms with van der Waals surface area (Å²) < 4.78 is 0. The molecule has 0 radical (unpaired) electrons. The van der Waals surface area contributed by atoms with E-state index in [0.717, 1.165) is 23.7 Å². The molecular weight excluding hydrogens is 282 g/mol. The van der Waals surface area contributed by atoms with Crippen molar-refractivity contribution in [1.29, 1.82) is 0 Å². The van der Waals surface area contributed by atoms with Gasteiger partial charge in [-0.15, -0.1) is 0 Å². The molecule has 4 unspecified atom stereocenters. The molecule has 0 saturated heterocycles. The maximum absolute atomic E-state index is 12.2. The molecular formula is C21H36NO+. The van der Waals surface area contributed by atoms with Crippen LogP contribution >= 0.6 is 0 Å². The Hall–Kier alpha value is -0.370. The van der Waals surface area contributed by atoms with Crippen LogP contribution in [0.15, 0.2) is 0 Å². The summed E-state index contributed by atoms with van der Waals surface area (Å²) in [5, 5.41) is 0. The van der Waals surface area contributed by atoms with Crippen LogP contribution in [0.3, 0.4) is 0 Å². The van der Waals surface area contributed by atoms with E-state index in [1.54, 1.807) is 0 Å². The SMILES string of the molecule is CC(=O)C1CCC2C3CC[C@@H]4C[C@H]([NH3+])CC[C@]4(C)C3CC[C@]12C. The molecule has 2 heteroatoms. The number of rotatable bonds is 1. The Morgan fingerprint density at radius 1 is 0.913 bits per heavy atom. The number of carbonyl (C=O) groups excluding carboxylic acids is 1. The average Bonchev–Trinajstić information content (AvgIpc) is 2.85. The fourth-order valence-electron chi connectivity index (χ4n) is 8.01. The minimum Gasteiger partial charge on any atom is -0.355 e. The van der Waals surface area contributed by atoms with E-state index in [1.807, 2.05) is 6.92 Å². The smallest absolute Gasteiger partial charge is 0.133 e. The zero-order valence-electron chi connectivity index (χ0n) is 15.4. The number of hydrogen-bond donors (Lipinski definition) is 1. The highest BCUT2D eigenvalue weighted by Gasteiger charge is 2.60. The molecule has 4 aliphatic rings. The maximum atomic E-state index is 12.2. The molecule has 2 nitrogen and oxygen atoms in total. The summed E-state index contributed by atoms with van der Waals surface area (Å²) in [5.74, 6) is 4.40. The maximum Gasteiger partial charge on any atom is 0.133 e. The average molecular weight is 319 g/mol. The number of quaternary nitrogens is 1. The predicted molar refractivity (Wildman–Crippen MR) is 92.6 cm³/mol. The van der Waals surface area contributed by atoms with Crippen LogP contribution in [-0.4, -0.2) is 11.8 Å². The number of hydrogen-bond acceptors (Lipinski definition) is 1. The van der Waals surface area contributed by atoms with Crippen molar-refractivity contribution in [1.82, 2.24) is 0 Å². The molecule has 0 aromatic heterocycles. The minimum atomic E-state index is 0.319. The Morgan fingerprint density at radius 3 is 2.35 bits per heavy atom. The van der Waals surface area contributed by atoms with E-state index in [1.165, 1.54) is 57.8 Å². The third-order valence-corrected chi connectivity index (χ3v) is 9.27. The van der Waals surface area contributed by atoms with Crippen LogP contribution in [0, 0.1) is 40.4 Å². The van der Waals surface area contributed by atoms with Crippen molar-refractivity contribution >= 4 is 5.78 Å². The zero-order valence-corrected chi connectivity index (χ0v) is 15.4. The molecule has 4 aliphatic carbocycles. The van der Waals surface area contributed by atoms with Crippen molar-refractivity contribution in [2.75, 3.05) is 0 Å². The van der Waals surface area contributed by atoms with Gasteiger partial charge in [-0.25, -0.2) is 0 Å². The van der Waals surface area contributed by atoms with Crippen molar-refractivity contribution in [3.05, 3.63) is 0 Å². The minimum absolute atomic E-state index is 0.319. The molecule has 0 aromatic carbocycles. The third-order valence-electron chi connectivity index (χ3n) is 9.27. The van der Waals surface area contributed by atoms with E-state index in [2.05, 4.69) is 19.6 Å². The normalized spacial score (nSPS) is 55.7. The van der Waals surface area contributed by atoms with E-state index in [0.29, 0.717) is 28.6 Å². The van der Waals surface area contributed by atoms with Gasteiger partial charge in [-0.05, 0) is 92.8 Å². The Morgan fingerprint density at radius 2 is 1.61 bits per heavy atom. The third kappa shape index (κ3) is 2.19. The second-order valence-electron chi connectivity index (χ2n) is 10.1. The molecule has 4 fully saturated rings. The lowest BCUT2D eigenvalue weighted by molar-refractivity contribution is -0.433. The van der Waals surface area contributed by atoms with E-state index in [-0.39, 0.29) is 0 Å². The lowest BCUT2D eigenvalue weighted by Crippen LogP contribution is -2.65. The van der Waals surface area contributed by atoms with E-state index >= 15 is 0 Å². The van der Waals surface area contributed by atoms with Crippen LogP contribution in [0.1, 0.15) is 78.6 Å². The number of ketones is 1. The van der Waals surface area contributed by atoms with Crippen molar-refractivity contribution in [3.8, 4) is 0 Å². The summed E-state index contributed by atoms with van der Waals surface area (Å²) in [7, 11) is 0. The standard InChI is InChI=1S/C21H35NO/c1-13(23)17-6-7-18-16-5-4-14-12-15(22)8-10-20(14,2)19(16)9-11-21(17,18)3/h14-19H,4-12,22H2,1-3H3/p+1/t14-,15-,16?,17?,18?,19?,20+,21-/m1/s1. The second kappa shape index (κ2) is 5.31. The highest BCUT2D eigenvalue weighted by molar-refractivity contribution is 5.79. The van der Waals surface area contributed by atoms with Gasteiger partial charge in [0, 0.05) is 12.3 Å². The van der Waals surface area contributed by atoms with Gasteiger partial charge in [0.25, 0.3) is 0 Å². The summed E-state index contributed by atoms with van der Waals surface area (Å²) >= 11 is 0. The van der Waals surface area contributed by atoms with E-state index in [9.17, 15) is 4.79 Å². The van der Waals surface area contributed by atoms with E-state index in [4.69, 9.17) is 0 Å². The van der Waals surface area contributed by atoms with Gasteiger partial charge in [-0.1, -0.05) is 13.8 Å². The number of fused-ring (bicyclic) bond motifs is 5. The van der Waals surface area contributed by atoms with Gasteiger partial charge in [0.15, 0.2) is 0 Å². The fourth-order valence-corrected chi connectivity index (χ4v) is 8.01. The second-order valence-corrected chi connectivity index (χ2v) is 10.1. The van der Waals surface area contributed by atoms with Gasteiger partial charge < -0.3 is 5.73 Å². The van der Waals surface area contributed by atoms with Crippen molar-refractivity contribution < 1.29 is 10.5 Å². The molecule has 0 amide bonds. The lowest BCUT2D eigenvalue weighted by atomic mass is 9.44. The first-order valence-corrected chi connectivity index (χ1v) is 10.2. The molecule has 23 heavy (non-hydrogen) atoms. The molecule has 8 atom stereocenters. The molecule has 0 aromatic rings. The molecule has 0 bridgehead atoms. The summed E-state index contributed by atoms with van der Waals surface area (Å²) in [5.41, 5.74) is 5.28. The summed E-state index contributed by atoms with van der Waals surface area (Å²) in [6.45, 7) is 6.94. The highest BCUT2D eigenvalue weighted by Crippen LogP contribution is 2.67. The fraction of sp³-hybridized carbons (Fsp3) is 0.952. The largest absolute Gasteiger partial charge is 0.355 e. The van der Waals surface area contributed by atoms with Gasteiger partial charge in [-0.3, -0.25) is 4.79 Å². The first-order chi connectivity index (χ1) is 10.9.